The molecule has 1 amide bonds. The van der Waals surface area contributed by atoms with Crippen LogP contribution in [0.5, 0.6) is 11.5 Å². The molecule has 10 nitrogen and oxygen atoms in total. The molecule has 1 fully saturated rings. The van der Waals surface area contributed by atoms with Crippen molar-refractivity contribution in [3.8, 4) is 11.5 Å². The molecule has 35 heavy (non-hydrogen) atoms. The number of morpholine rings is 1. The van der Waals surface area contributed by atoms with Crippen LogP contribution in [0.4, 0.5) is 5.13 Å². The van der Waals surface area contributed by atoms with Crippen LogP contribution >= 0.6 is 11.3 Å². The minimum absolute atomic E-state index is 0.116. The number of benzene rings is 1. The summed E-state index contributed by atoms with van der Waals surface area (Å²) >= 11 is 1.37. The standard InChI is InChI=1S/C24H31N5O5S/c1-16-17(2)25-15-28(23(16)31)14-20(30)29(9-5-8-27-10-12-34-13-11-27)24-26-21-18(32-3)6-7-19(33-4)22(21)35-24/h6-7,15H,5,8-14H2,1-4H3. The van der Waals surface area contributed by atoms with Crippen molar-refractivity contribution in [2.45, 2.75) is 26.8 Å². The molecule has 4 rings (SSSR count). The Hall–Kier alpha value is -3.02. The minimum Gasteiger partial charge on any atom is -0.495 e. The molecule has 0 atom stereocenters. The van der Waals surface area contributed by atoms with Crippen molar-refractivity contribution in [3.63, 3.8) is 0 Å². The Morgan fingerprint density at radius 1 is 1.17 bits per heavy atom. The van der Waals surface area contributed by atoms with E-state index in [-0.39, 0.29) is 18.0 Å². The van der Waals surface area contributed by atoms with E-state index < -0.39 is 0 Å². The van der Waals surface area contributed by atoms with Crippen LogP contribution in [0.15, 0.2) is 23.3 Å². The van der Waals surface area contributed by atoms with Crippen molar-refractivity contribution in [3.05, 3.63) is 40.1 Å². The Labute approximate surface area is 208 Å². The molecule has 1 aliphatic rings. The van der Waals surface area contributed by atoms with Crippen LogP contribution in [0.1, 0.15) is 17.7 Å². The van der Waals surface area contributed by atoms with E-state index in [0.717, 1.165) is 44.0 Å². The highest BCUT2D eigenvalue weighted by molar-refractivity contribution is 7.22. The minimum atomic E-state index is -0.226. The number of aromatic nitrogens is 3. The zero-order valence-corrected chi connectivity index (χ0v) is 21.4. The number of aryl methyl sites for hydroxylation is 1. The van der Waals surface area contributed by atoms with E-state index in [4.69, 9.17) is 19.2 Å². The van der Waals surface area contributed by atoms with Crippen molar-refractivity contribution in [2.75, 3.05) is 58.5 Å². The lowest BCUT2D eigenvalue weighted by molar-refractivity contribution is -0.119. The predicted molar refractivity (Wildman–Crippen MR) is 135 cm³/mol. The molecule has 0 bridgehead atoms. The molecule has 0 spiro atoms. The van der Waals surface area contributed by atoms with Crippen molar-refractivity contribution in [2.24, 2.45) is 0 Å². The Morgan fingerprint density at radius 2 is 1.89 bits per heavy atom. The fourth-order valence-corrected chi connectivity index (χ4v) is 5.13. The van der Waals surface area contributed by atoms with Crippen molar-refractivity contribution < 1.29 is 19.0 Å². The van der Waals surface area contributed by atoms with Gasteiger partial charge in [0.1, 0.15) is 28.3 Å². The zero-order valence-electron chi connectivity index (χ0n) is 20.6. The van der Waals surface area contributed by atoms with Gasteiger partial charge in [0.05, 0.1) is 33.8 Å². The van der Waals surface area contributed by atoms with Crippen molar-refractivity contribution in [1.82, 2.24) is 19.4 Å². The van der Waals surface area contributed by atoms with Gasteiger partial charge >= 0.3 is 0 Å². The predicted octanol–water partition coefficient (Wildman–Crippen LogP) is 2.24. The highest BCUT2D eigenvalue weighted by Crippen LogP contribution is 2.40. The number of anilines is 1. The summed E-state index contributed by atoms with van der Waals surface area (Å²) in [6.45, 7) is 7.91. The van der Waals surface area contributed by atoms with Crippen molar-refractivity contribution in [1.29, 1.82) is 0 Å². The van der Waals surface area contributed by atoms with E-state index >= 15 is 0 Å². The molecule has 188 valence electrons. The Bertz CT molecular complexity index is 1210. The van der Waals surface area contributed by atoms with Gasteiger partial charge in [0.15, 0.2) is 5.13 Å². The lowest BCUT2D eigenvalue weighted by Gasteiger charge is -2.27. The van der Waals surface area contributed by atoms with Crippen LogP contribution in [0.2, 0.25) is 0 Å². The lowest BCUT2D eigenvalue weighted by Crippen LogP contribution is -2.41. The third-order valence-electron chi connectivity index (χ3n) is 6.21. The second-order valence-electron chi connectivity index (χ2n) is 8.39. The van der Waals surface area contributed by atoms with Crippen LogP contribution in [0.25, 0.3) is 10.2 Å². The number of ether oxygens (including phenoxy) is 3. The molecule has 0 aliphatic carbocycles. The van der Waals surface area contributed by atoms with E-state index in [1.807, 2.05) is 6.07 Å². The fraction of sp³-hybridized carbons (Fsp3) is 0.500. The summed E-state index contributed by atoms with van der Waals surface area (Å²) in [4.78, 5) is 39.2. The molecule has 1 aromatic carbocycles. The fourth-order valence-electron chi connectivity index (χ4n) is 4.01. The summed E-state index contributed by atoms with van der Waals surface area (Å²) in [6, 6.07) is 3.63. The molecular formula is C24H31N5O5S. The van der Waals surface area contributed by atoms with E-state index in [1.165, 1.54) is 22.2 Å². The Balaban J connectivity index is 1.64. The maximum Gasteiger partial charge on any atom is 0.256 e. The summed E-state index contributed by atoms with van der Waals surface area (Å²) in [7, 11) is 3.19. The monoisotopic (exact) mass is 501 g/mol. The van der Waals surface area contributed by atoms with Crippen LogP contribution in [0, 0.1) is 13.8 Å². The van der Waals surface area contributed by atoms with Gasteiger partial charge in [0.25, 0.3) is 5.56 Å². The zero-order chi connectivity index (χ0) is 24.9. The van der Waals surface area contributed by atoms with E-state index in [0.29, 0.717) is 39.9 Å². The van der Waals surface area contributed by atoms with Gasteiger partial charge in [-0.15, -0.1) is 0 Å². The van der Waals surface area contributed by atoms with E-state index in [2.05, 4.69) is 9.88 Å². The first-order chi connectivity index (χ1) is 16.9. The number of amides is 1. The topological polar surface area (TPSA) is 99.0 Å². The molecule has 3 heterocycles. The number of fused-ring (bicyclic) bond motifs is 1. The smallest absolute Gasteiger partial charge is 0.256 e. The van der Waals surface area contributed by atoms with Gasteiger partial charge in [-0.05, 0) is 32.4 Å². The summed E-state index contributed by atoms with van der Waals surface area (Å²) in [5.41, 5.74) is 1.62. The number of carbonyl (C=O) groups excluding carboxylic acids is 1. The third kappa shape index (κ3) is 5.47. The molecule has 2 aromatic heterocycles. The Kier molecular flexibility index (Phi) is 7.99. The number of nitrogens with zero attached hydrogens (tertiary/aromatic N) is 5. The number of hydrogen-bond acceptors (Lipinski definition) is 9. The highest BCUT2D eigenvalue weighted by atomic mass is 32.1. The summed E-state index contributed by atoms with van der Waals surface area (Å²) in [5, 5.41) is 0.541. The summed E-state index contributed by atoms with van der Waals surface area (Å²) in [6.07, 6.45) is 2.19. The summed E-state index contributed by atoms with van der Waals surface area (Å²) in [5.74, 6) is 1.05. The van der Waals surface area contributed by atoms with Gasteiger partial charge in [-0.2, -0.15) is 0 Å². The quantitative estimate of drug-likeness (QED) is 0.440. The molecule has 0 saturated carbocycles. The SMILES string of the molecule is COc1ccc(OC)c2sc(N(CCCN3CCOCC3)C(=O)Cn3cnc(C)c(C)c3=O)nc12. The molecule has 0 N–H and O–H groups in total. The molecule has 0 radical (unpaired) electrons. The number of rotatable bonds is 9. The second-order valence-corrected chi connectivity index (χ2v) is 9.36. The summed E-state index contributed by atoms with van der Waals surface area (Å²) < 4.78 is 18.6. The van der Waals surface area contributed by atoms with Crippen molar-refractivity contribution >= 4 is 32.6 Å². The largest absolute Gasteiger partial charge is 0.495 e. The molecule has 3 aromatic rings. The molecule has 0 unspecified atom stereocenters. The van der Waals surface area contributed by atoms with Crippen LogP contribution in [-0.2, 0) is 16.1 Å². The average molecular weight is 502 g/mol. The van der Waals surface area contributed by atoms with Crippen LogP contribution in [0.3, 0.4) is 0 Å². The second kappa shape index (κ2) is 11.1. The average Bonchev–Trinajstić information content (AvgIpc) is 3.32. The molecule has 11 heteroatoms. The maximum atomic E-state index is 13.5. The van der Waals surface area contributed by atoms with Gasteiger partial charge in [0, 0.05) is 37.4 Å². The van der Waals surface area contributed by atoms with Gasteiger partial charge in [-0.25, -0.2) is 9.97 Å². The first-order valence-corrected chi connectivity index (χ1v) is 12.4. The highest BCUT2D eigenvalue weighted by Gasteiger charge is 2.24. The van der Waals surface area contributed by atoms with Crippen LogP contribution < -0.4 is 19.9 Å². The number of hydrogen-bond donors (Lipinski definition) is 0. The van der Waals surface area contributed by atoms with Gasteiger partial charge in [-0.1, -0.05) is 11.3 Å². The van der Waals surface area contributed by atoms with Gasteiger partial charge in [-0.3, -0.25) is 24.0 Å². The van der Waals surface area contributed by atoms with Crippen LogP contribution in [-0.4, -0.2) is 79.0 Å². The third-order valence-corrected chi connectivity index (χ3v) is 7.30. The lowest BCUT2D eigenvalue weighted by atomic mass is 10.2. The molecular weight excluding hydrogens is 470 g/mol. The van der Waals surface area contributed by atoms with E-state index in [9.17, 15) is 9.59 Å². The Morgan fingerprint density at radius 3 is 2.60 bits per heavy atom. The first-order valence-electron chi connectivity index (χ1n) is 11.6. The number of thiazole rings is 1. The van der Waals surface area contributed by atoms with Gasteiger partial charge in [0.2, 0.25) is 5.91 Å². The first kappa shape index (κ1) is 25.1. The number of carbonyl (C=O) groups is 1. The molecule has 1 saturated heterocycles. The number of methoxy groups -OCH3 is 2. The maximum absolute atomic E-state index is 13.5. The van der Waals surface area contributed by atoms with E-state index in [1.54, 1.807) is 39.0 Å². The molecule has 1 aliphatic heterocycles. The normalized spacial score (nSPS) is 14.3. The van der Waals surface area contributed by atoms with Gasteiger partial charge < -0.3 is 14.2 Å².